The molecule has 1 unspecified atom stereocenters. The van der Waals surface area contributed by atoms with Crippen molar-refractivity contribution in [1.29, 1.82) is 0 Å². The Morgan fingerprint density at radius 1 is 1.71 bits per heavy atom. The van der Waals surface area contributed by atoms with E-state index in [4.69, 9.17) is 9.84 Å². The molecule has 1 atom stereocenters. The number of hydrogen-bond acceptors (Lipinski definition) is 3. The van der Waals surface area contributed by atoms with Gasteiger partial charge in [-0.1, -0.05) is 0 Å². The Balaban J connectivity index is 2.17. The van der Waals surface area contributed by atoms with Crippen LogP contribution in [-0.2, 0) is 11.2 Å². The number of rotatable bonds is 3. The second kappa shape index (κ2) is 4.11. The average molecular weight is 196 g/mol. The lowest BCUT2D eigenvalue weighted by atomic mass is 10.2. The molecule has 1 aliphatic heterocycles. The van der Waals surface area contributed by atoms with Crippen molar-refractivity contribution < 1.29 is 9.84 Å². The Labute approximate surface area is 83.5 Å². The molecule has 78 valence electrons. The lowest BCUT2D eigenvalue weighted by molar-refractivity contribution is 0.0450. The van der Waals surface area contributed by atoms with E-state index in [0.717, 1.165) is 30.7 Å². The van der Waals surface area contributed by atoms with Gasteiger partial charge < -0.3 is 9.84 Å². The summed E-state index contributed by atoms with van der Waals surface area (Å²) in [6, 6.07) is 0. The van der Waals surface area contributed by atoms with Crippen LogP contribution in [0, 0.1) is 6.92 Å². The van der Waals surface area contributed by atoms with Crippen molar-refractivity contribution in [3.05, 3.63) is 17.5 Å². The van der Waals surface area contributed by atoms with Crippen molar-refractivity contribution in [1.82, 2.24) is 9.78 Å². The third kappa shape index (κ3) is 1.67. The van der Waals surface area contributed by atoms with E-state index in [1.165, 1.54) is 0 Å². The first-order valence-corrected chi connectivity index (χ1v) is 5.08. The number of nitrogens with zero attached hydrogens (tertiary/aromatic N) is 2. The molecule has 1 aromatic heterocycles. The van der Waals surface area contributed by atoms with Crippen LogP contribution in [0.15, 0.2) is 6.20 Å². The molecule has 1 saturated heterocycles. The first kappa shape index (κ1) is 9.68. The minimum Gasteiger partial charge on any atom is -0.396 e. The molecule has 1 aliphatic rings. The highest BCUT2D eigenvalue weighted by Crippen LogP contribution is 2.24. The predicted molar refractivity (Wildman–Crippen MR) is 52.0 cm³/mol. The third-order valence-electron chi connectivity index (χ3n) is 2.71. The Hall–Kier alpha value is -0.870. The summed E-state index contributed by atoms with van der Waals surface area (Å²) in [6.07, 6.45) is 4.77. The fraction of sp³-hybridized carbons (Fsp3) is 0.700. The highest BCUT2D eigenvalue weighted by Gasteiger charge is 2.20. The van der Waals surface area contributed by atoms with E-state index in [2.05, 4.69) is 5.10 Å². The van der Waals surface area contributed by atoms with Gasteiger partial charge in [-0.2, -0.15) is 5.10 Å². The van der Waals surface area contributed by atoms with Crippen molar-refractivity contribution in [3.8, 4) is 0 Å². The van der Waals surface area contributed by atoms with E-state index in [1.807, 2.05) is 17.8 Å². The van der Waals surface area contributed by atoms with Crippen molar-refractivity contribution in [3.63, 3.8) is 0 Å². The molecule has 2 rings (SSSR count). The molecule has 2 heterocycles. The van der Waals surface area contributed by atoms with Crippen molar-refractivity contribution in [2.45, 2.75) is 32.4 Å². The van der Waals surface area contributed by atoms with E-state index in [-0.39, 0.29) is 12.8 Å². The molecule has 0 aromatic carbocycles. The minimum atomic E-state index is 0.113. The summed E-state index contributed by atoms with van der Waals surface area (Å²) >= 11 is 0. The summed E-state index contributed by atoms with van der Waals surface area (Å²) in [7, 11) is 0. The summed E-state index contributed by atoms with van der Waals surface area (Å²) < 4.78 is 7.48. The molecule has 0 radical (unpaired) electrons. The Morgan fingerprint density at radius 2 is 2.57 bits per heavy atom. The maximum Gasteiger partial charge on any atom is 0.150 e. The zero-order valence-corrected chi connectivity index (χ0v) is 8.44. The Kier molecular flexibility index (Phi) is 2.84. The predicted octanol–water partition coefficient (Wildman–Crippen LogP) is 1.04. The van der Waals surface area contributed by atoms with Crippen molar-refractivity contribution in [2.24, 2.45) is 0 Å². The SMILES string of the molecule is Cc1c(CCO)cnn1C1CCCO1. The van der Waals surface area contributed by atoms with Crippen molar-refractivity contribution >= 4 is 0 Å². The second-order valence-electron chi connectivity index (χ2n) is 3.64. The standard InChI is InChI=1S/C10H16N2O2/c1-8-9(4-5-13)7-11-12(8)10-3-2-6-14-10/h7,10,13H,2-6H2,1H3. The summed E-state index contributed by atoms with van der Waals surface area (Å²) in [4.78, 5) is 0. The van der Waals surface area contributed by atoms with Gasteiger partial charge in [0.1, 0.15) is 0 Å². The third-order valence-corrected chi connectivity index (χ3v) is 2.71. The number of ether oxygens (including phenoxy) is 1. The minimum absolute atomic E-state index is 0.113. The summed E-state index contributed by atoms with van der Waals surface area (Å²) in [5, 5.41) is 13.1. The highest BCUT2D eigenvalue weighted by atomic mass is 16.5. The van der Waals surface area contributed by atoms with E-state index in [9.17, 15) is 0 Å². The lowest BCUT2D eigenvalue weighted by Gasteiger charge is -2.12. The van der Waals surface area contributed by atoms with E-state index < -0.39 is 0 Å². The number of aromatic nitrogens is 2. The fourth-order valence-electron chi connectivity index (χ4n) is 1.87. The monoisotopic (exact) mass is 196 g/mol. The molecular weight excluding hydrogens is 180 g/mol. The van der Waals surface area contributed by atoms with E-state index in [0.29, 0.717) is 6.42 Å². The smallest absolute Gasteiger partial charge is 0.150 e. The number of aliphatic hydroxyl groups is 1. The van der Waals surface area contributed by atoms with Crippen LogP contribution in [0.1, 0.15) is 30.3 Å². The molecular formula is C10H16N2O2. The Bertz CT molecular complexity index is 303. The maximum absolute atomic E-state index is 8.85. The molecule has 0 bridgehead atoms. The van der Waals surface area contributed by atoms with Gasteiger partial charge in [-0.05, 0) is 31.7 Å². The average Bonchev–Trinajstić information content (AvgIpc) is 2.77. The van der Waals surface area contributed by atoms with Gasteiger partial charge >= 0.3 is 0 Å². The van der Waals surface area contributed by atoms with E-state index in [1.54, 1.807) is 0 Å². The van der Waals surface area contributed by atoms with Gasteiger partial charge in [0, 0.05) is 18.9 Å². The maximum atomic E-state index is 8.85. The van der Waals surface area contributed by atoms with E-state index >= 15 is 0 Å². The molecule has 1 aromatic rings. The van der Waals surface area contributed by atoms with Crippen LogP contribution < -0.4 is 0 Å². The lowest BCUT2D eigenvalue weighted by Crippen LogP contribution is -2.10. The quantitative estimate of drug-likeness (QED) is 0.785. The Morgan fingerprint density at radius 3 is 3.21 bits per heavy atom. The molecule has 1 fully saturated rings. The zero-order chi connectivity index (χ0) is 9.97. The summed E-state index contributed by atoms with van der Waals surface area (Å²) in [5.41, 5.74) is 2.23. The zero-order valence-electron chi connectivity index (χ0n) is 8.44. The van der Waals surface area contributed by atoms with Gasteiger partial charge in [-0.15, -0.1) is 0 Å². The van der Waals surface area contributed by atoms with Gasteiger partial charge in [0.25, 0.3) is 0 Å². The van der Waals surface area contributed by atoms with Crippen LogP contribution >= 0.6 is 0 Å². The van der Waals surface area contributed by atoms with Crippen LogP contribution in [0.3, 0.4) is 0 Å². The molecule has 4 heteroatoms. The summed E-state index contributed by atoms with van der Waals surface area (Å²) in [6.45, 7) is 3.04. The van der Waals surface area contributed by atoms with Crippen LogP contribution in [0.2, 0.25) is 0 Å². The first-order chi connectivity index (χ1) is 6.83. The molecule has 0 aliphatic carbocycles. The first-order valence-electron chi connectivity index (χ1n) is 5.08. The topological polar surface area (TPSA) is 47.3 Å². The van der Waals surface area contributed by atoms with Gasteiger partial charge in [0.05, 0.1) is 6.20 Å². The molecule has 0 saturated carbocycles. The largest absolute Gasteiger partial charge is 0.396 e. The molecule has 1 N–H and O–H groups in total. The molecule has 4 nitrogen and oxygen atoms in total. The van der Waals surface area contributed by atoms with Crippen LogP contribution in [0.5, 0.6) is 0 Å². The summed E-state index contributed by atoms with van der Waals surface area (Å²) in [5.74, 6) is 0. The van der Waals surface area contributed by atoms with Crippen molar-refractivity contribution in [2.75, 3.05) is 13.2 Å². The van der Waals surface area contributed by atoms with Crippen LogP contribution in [-0.4, -0.2) is 28.1 Å². The highest BCUT2D eigenvalue weighted by molar-refractivity contribution is 5.16. The van der Waals surface area contributed by atoms with Gasteiger partial charge in [0.2, 0.25) is 0 Å². The van der Waals surface area contributed by atoms with Gasteiger partial charge in [-0.3, -0.25) is 0 Å². The molecule has 0 amide bonds. The second-order valence-corrected chi connectivity index (χ2v) is 3.64. The molecule has 14 heavy (non-hydrogen) atoms. The normalized spacial score (nSPS) is 21.7. The number of aliphatic hydroxyl groups excluding tert-OH is 1. The van der Waals surface area contributed by atoms with Gasteiger partial charge in [-0.25, -0.2) is 4.68 Å². The van der Waals surface area contributed by atoms with Gasteiger partial charge in [0.15, 0.2) is 6.23 Å². The molecule has 0 spiro atoms. The fourth-order valence-corrected chi connectivity index (χ4v) is 1.87. The van der Waals surface area contributed by atoms with Crippen LogP contribution in [0.4, 0.5) is 0 Å². The van der Waals surface area contributed by atoms with Crippen LogP contribution in [0.25, 0.3) is 0 Å². The number of hydrogen-bond donors (Lipinski definition) is 1.